The number of methoxy groups -OCH3 is 1. The van der Waals surface area contributed by atoms with E-state index < -0.39 is 42.3 Å². The average molecular weight is 863 g/mol. The van der Waals surface area contributed by atoms with E-state index in [1.165, 1.54) is 9.96 Å². The summed E-state index contributed by atoms with van der Waals surface area (Å²) in [5.41, 5.74) is 5.58. The van der Waals surface area contributed by atoms with Crippen LogP contribution in [0.2, 0.25) is 0 Å². The third-order valence-corrected chi connectivity index (χ3v) is 8.23. The molecule has 1 atom stereocenters. The zero-order chi connectivity index (χ0) is 44.6. The minimum atomic E-state index is -5.19. The van der Waals surface area contributed by atoms with Crippen LogP contribution in [0.1, 0.15) is 17.5 Å². The second-order valence-electron chi connectivity index (χ2n) is 12.5. The molecule has 5 N–H and O–H groups in total. The number of hydrogen-bond donors (Lipinski definition) is 5. The zero-order valence-corrected chi connectivity index (χ0v) is 32.3. The average Bonchev–Trinajstić information content (AvgIpc) is 3.23. The largest absolute Gasteiger partial charge is 0.542 e. The van der Waals surface area contributed by atoms with Gasteiger partial charge in [0.25, 0.3) is 5.91 Å². The molecule has 0 radical (unpaired) electrons. The monoisotopic (exact) mass is 862 g/mol. The number of hydroxylamine groups is 3. The third kappa shape index (κ3) is 20.4. The molecule has 4 rings (SSSR count). The van der Waals surface area contributed by atoms with Gasteiger partial charge in [0.05, 0.1) is 40.0 Å². The van der Waals surface area contributed by atoms with Crippen molar-refractivity contribution in [1.82, 2.24) is 21.2 Å². The number of carboxylic acids is 2. The summed E-state index contributed by atoms with van der Waals surface area (Å²) in [5.74, 6) is -5.88. The van der Waals surface area contributed by atoms with Crippen LogP contribution in [0.25, 0.3) is 11.1 Å². The molecule has 0 unspecified atom stereocenters. The molecule has 1 aliphatic rings. The van der Waals surface area contributed by atoms with Crippen LogP contribution in [-0.2, 0) is 41.8 Å². The molecule has 0 saturated carbocycles. The van der Waals surface area contributed by atoms with E-state index >= 15 is 0 Å². The van der Waals surface area contributed by atoms with Gasteiger partial charge in [-0.15, -0.1) is 0 Å². The predicted octanol–water partition coefficient (Wildman–Crippen LogP) is 0.388. The lowest BCUT2D eigenvalue weighted by atomic mass is 10.0. The Kier molecular flexibility index (Phi) is 22.4. The van der Waals surface area contributed by atoms with Gasteiger partial charge in [0.2, 0.25) is 0 Å². The standard InChI is InChI=1S/C34H45N5O7.2C2HF3O2/c1-43-31-13-11-30(12-14-31)29-9-7-27(8-10-29)25-39(46-24-23-44-22-21-38-19-17-35-18-20-38)32(33(40)37-42)15-16-36-34(41)45-26-28-5-3-2-4-6-28;2*3-2(4,5)1(6)7/h2-14,32,35,42H,15-26H2,1H3,(H,36,41)(H,37,40);2*(H,6,7)/p-1/t32-;;/m1../s1. The Morgan fingerprint density at radius 1 is 0.817 bits per heavy atom. The first-order chi connectivity index (χ1) is 28.4. The smallest absolute Gasteiger partial charge is 0.430 e. The molecule has 0 spiro atoms. The van der Waals surface area contributed by atoms with Gasteiger partial charge >= 0.3 is 18.4 Å². The highest BCUT2D eigenvalue weighted by Crippen LogP contribution is 2.24. The Labute approximate surface area is 340 Å². The van der Waals surface area contributed by atoms with E-state index in [0.29, 0.717) is 13.2 Å². The molecule has 16 nitrogen and oxygen atoms in total. The fraction of sp³-hybridized carbons (Fsp3) is 0.421. The number of alkyl carbamates (subject to hydrolysis) is 1. The quantitative estimate of drug-likeness (QED) is 0.0508. The van der Waals surface area contributed by atoms with Crippen LogP contribution < -0.4 is 36.0 Å². The topological polar surface area (TPSA) is 215 Å². The number of piperazine rings is 1. The van der Waals surface area contributed by atoms with E-state index in [1.54, 1.807) is 12.6 Å². The van der Waals surface area contributed by atoms with Crippen LogP contribution in [0.15, 0.2) is 78.9 Å². The number of halogens is 6. The highest BCUT2D eigenvalue weighted by molar-refractivity contribution is 5.80. The minimum absolute atomic E-state index is 0.117. The number of aliphatic carboxylic acids is 2. The number of hydrogen-bond acceptors (Lipinski definition) is 13. The highest BCUT2D eigenvalue weighted by atomic mass is 19.4. The summed E-state index contributed by atoms with van der Waals surface area (Å²) in [6.45, 7) is 6.78. The summed E-state index contributed by atoms with van der Waals surface area (Å²) >= 11 is 0. The van der Waals surface area contributed by atoms with Crippen molar-refractivity contribution in [2.45, 2.75) is 38.0 Å². The fourth-order valence-electron chi connectivity index (χ4n) is 5.14. The number of nitrogens with zero attached hydrogens (tertiary/aromatic N) is 1. The molecule has 0 aromatic heterocycles. The molecule has 3 aromatic carbocycles. The molecular formula is C38H46F6N5O11-. The van der Waals surface area contributed by atoms with E-state index in [-0.39, 0.29) is 32.7 Å². The van der Waals surface area contributed by atoms with Crippen molar-refractivity contribution in [3.8, 4) is 16.9 Å². The second kappa shape index (κ2) is 26.6. The second-order valence-corrected chi connectivity index (χ2v) is 12.5. The highest BCUT2D eigenvalue weighted by Gasteiger charge is 2.30. The molecular weight excluding hydrogens is 816 g/mol. The van der Waals surface area contributed by atoms with Crippen molar-refractivity contribution >= 4 is 23.9 Å². The van der Waals surface area contributed by atoms with Crippen molar-refractivity contribution in [2.75, 3.05) is 66.2 Å². The number of carboxylic acid groups (broad SMARTS) is 2. The van der Waals surface area contributed by atoms with Gasteiger partial charge in [-0.2, -0.15) is 31.4 Å². The Hall–Kier alpha value is -5.52. The lowest BCUT2D eigenvalue weighted by molar-refractivity contribution is -0.902. The Bertz CT molecular complexity index is 1690. The number of ether oxygens (including phenoxy) is 3. The van der Waals surface area contributed by atoms with Gasteiger partial charge in [0.15, 0.2) is 0 Å². The van der Waals surface area contributed by atoms with Crippen molar-refractivity contribution in [2.24, 2.45) is 0 Å². The van der Waals surface area contributed by atoms with Gasteiger partial charge in [-0.05, 0) is 40.8 Å². The lowest BCUT2D eigenvalue weighted by Gasteiger charge is -2.29. The van der Waals surface area contributed by atoms with Gasteiger partial charge in [0.1, 0.15) is 36.9 Å². The lowest BCUT2D eigenvalue weighted by Crippen LogP contribution is -3.15. The zero-order valence-electron chi connectivity index (χ0n) is 32.3. The normalized spacial score (nSPS) is 13.4. The Morgan fingerprint density at radius 3 is 1.88 bits per heavy atom. The summed E-state index contributed by atoms with van der Waals surface area (Å²) < 4.78 is 79.5. The van der Waals surface area contributed by atoms with Crippen LogP contribution in [0.3, 0.4) is 0 Å². The van der Waals surface area contributed by atoms with Gasteiger partial charge < -0.3 is 49.5 Å². The Morgan fingerprint density at radius 2 is 1.37 bits per heavy atom. The maximum atomic E-state index is 12.9. The van der Waals surface area contributed by atoms with Crippen LogP contribution in [0.5, 0.6) is 5.75 Å². The summed E-state index contributed by atoms with van der Waals surface area (Å²) in [5, 5.41) is 34.7. The summed E-state index contributed by atoms with van der Waals surface area (Å²) in [7, 11) is 1.64. The number of carbonyl (C=O) groups excluding carboxylic acids is 4. The number of rotatable bonds is 18. The molecule has 1 fully saturated rings. The number of benzene rings is 3. The van der Waals surface area contributed by atoms with E-state index in [4.69, 9.17) is 38.9 Å². The summed E-state index contributed by atoms with van der Waals surface area (Å²) in [4.78, 5) is 50.3. The van der Waals surface area contributed by atoms with Crippen molar-refractivity contribution < 1.29 is 84.9 Å². The van der Waals surface area contributed by atoms with Crippen molar-refractivity contribution in [3.63, 3.8) is 0 Å². The summed E-state index contributed by atoms with van der Waals surface area (Å²) in [6.07, 6.45) is -10.8. The molecule has 1 aliphatic heterocycles. The maximum absolute atomic E-state index is 12.9. The predicted molar refractivity (Wildman–Crippen MR) is 194 cm³/mol. The van der Waals surface area contributed by atoms with Crippen molar-refractivity contribution in [3.05, 3.63) is 90.0 Å². The van der Waals surface area contributed by atoms with Gasteiger partial charge in [0, 0.05) is 26.2 Å². The van der Waals surface area contributed by atoms with Crippen LogP contribution >= 0.6 is 0 Å². The number of carbonyl (C=O) groups is 4. The molecule has 0 bridgehead atoms. The molecule has 1 heterocycles. The van der Waals surface area contributed by atoms with E-state index in [0.717, 1.165) is 60.7 Å². The minimum Gasteiger partial charge on any atom is -0.542 e. The van der Waals surface area contributed by atoms with Gasteiger partial charge in [-0.3, -0.25) is 14.8 Å². The number of alkyl halides is 6. The first-order valence-corrected chi connectivity index (χ1v) is 18.1. The molecule has 1 saturated heterocycles. The SMILES string of the molecule is COc1ccc(-c2ccc(CN(OCCOCC[NH+]3CCNCC3)[C@H](CCNC(=O)OCc3ccccc3)C(=O)NO)cc2)cc1.O=C([O-])C(F)(F)F.O=C([O-])C(F)(F)F. The molecule has 22 heteroatoms. The molecule has 3 aromatic rings. The molecule has 332 valence electrons. The third-order valence-electron chi connectivity index (χ3n) is 8.23. The van der Waals surface area contributed by atoms with Crippen molar-refractivity contribution in [1.29, 1.82) is 0 Å². The van der Waals surface area contributed by atoms with E-state index in [1.807, 2.05) is 78.9 Å². The van der Waals surface area contributed by atoms with Crippen LogP contribution in [0.4, 0.5) is 31.1 Å². The fourth-order valence-corrected chi connectivity index (χ4v) is 5.14. The first-order valence-electron chi connectivity index (χ1n) is 18.1. The van der Waals surface area contributed by atoms with Gasteiger partial charge in [-0.1, -0.05) is 66.7 Å². The van der Waals surface area contributed by atoms with Gasteiger partial charge in [-0.25, -0.2) is 10.3 Å². The van der Waals surface area contributed by atoms with E-state index in [9.17, 15) is 41.1 Å². The van der Waals surface area contributed by atoms with Crippen LogP contribution in [-0.4, -0.2) is 119 Å². The molecule has 0 aliphatic carbocycles. The molecule has 60 heavy (non-hydrogen) atoms. The summed E-state index contributed by atoms with van der Waals surface area (Å²) in [6, 6.07) is 24.2. The number of amides is 2. The maximum Gasteiger partial charge on any atom is 0.430 e. The Balaban J connectivity index is 0.000000758. The number of quaternary nitrogens is 1. The first kappa shape index (κ1) is 50.6. The number of nitrogens with one attached hydrogen (secondary N) is 4. The van der Waals surface area contributed by atoms with E-state index in [2.05, 4.69) is 10.6 Å². The van der Waals surface area contributed by atoms with Crippen LogP contribution in [0, 0.1) is 0 Å². The molecule has 2 amide bonds.